The molecule has 4 nitrogen and oxygen atoms in total. The Kier molecular flexibility index (Phi) is 6.30. The second kappa shape index (κ2) is 7.99. The Balaban J connectivity index is 1.87. The minimum absolute atomic E-state index is 0.396. The van der Waals surface area contributed by atoms with Gasteiger partial charge in [-0.2, -0.15) is 0 Å². The van der Waals surface area contributed by atoms with Crippen LogP contribution >= 0.6 is 0 Å². The summed E-state index contributed by atoms with van der Waals surface area (Å²) >= 11 is 0. The van der Waals surface area contributed by atoms with Gasteiger partial charge in [-0.15, -0.1) is 0 Å². The number of hydrogen-bond donors (Lipinski definition) is 1. The van der Waals surface area contributed by atoms with E-state index in [1.165, 1.54) is 38.5 Å². The van der Waals surface area contributed by atoms with E-state index in [0.717, 1.165) is 32.6 Å². The van der Waals surface area contributed by atoms with Gasteiger partial charge in [0.25, 0.3) is 0 Å². The van der Waals surface area contributed by atoms with E-state index in [4.69, 9.17) is 0 Å². The van der Waals surface area contributed by atoms with E-state index < -0.39 is 0 Å². The van der Waals surface area contributed by atoms with Crippen molar-refractivity contribution in [2.75, 3.05) is 40.3 Å². The monoisotopic (exact) mass is 281 g/mol. The molecule has 0 radical (unpaired) electrons. The Morgan fingerprint density at radius 1 is 1.10 bits per heavy atom. The number of carbonyl (C=O) groups is 1. The third-order valence-electron chi connectivity index (χ3n) is 4.74. The first kappa shape index (κ1) is 15.8. The maximum Gasteiger partial charge on any atom is 0.223 e. The van der Waals surface area contributed by atoms with E-state index in [1.54, 1.807) is 0 Å². The summed E-state index contributed by atoms with van der Waals surface area (Å²) in [7, 11) is 4.17. The summed E-state index contributed by atoms with van der Waals surface area (Å²) < 4.78 is 0. The van der Waals surface area contributed by atoms with Crippen molar-refractivity contribution >= 4 is 5.91 Å². The van der Waals surface area contributed by atoms with Crippen LogP contribution in [0.1, 0.15) is 44.9 Å². The Morgan fingerprint density at radius 3 is 2.45 bits per heavy atom. The van der Waals surface area contributed by atoms with E-state index in [1.807, 2.05) is 0 Å². The SMILES string of the molecule is CN(C)CCN(C(=O)CC1CCCNC1)C1CCCC1. The molecule has 2 fully saturated rings. The summed E-state index contributed by atoms with van der Waals surface area (Å²) in [5.41, 5.74) is 0. The summed E-state index contributed by atoms with van der Waals surface area (Å²) in [4.78, 5) is 17.1. The first-order valence-electron chi connectivity index (χ1n) is 8.31. The van der Waals surface area contributed by atoms with Gasteiger partial charge in [0.15, 0.2) is 0 Å². The summed E-state index contributed by atoms with van der Waals surface area (Å²) in [6, 6.07) is 0.513. The highest BCUT2D eigenvalue weighted by molar-refractivity contribution is 5.77. The quantitative estimate of drug-likeness (QED) is 0.805. The average molecular weight is 281 g/mol. The molecule has 2 rings (SSSR count). The highest BCUT2D eigenvalue weighted by Gasteiger charge is 2.28. The Bertz CT molecular complexity index is 294. The molecule has 1 saturated carbocycles. The van der Waals surface area contributed by atoms with E-state index >= 15 is 0 Å². The maximum atomic E-state index is 12.7. The number of rotatable bonds is 6. The molecule has 1 unspecified atom stereocenters. The zero-order chi connectivity index (χ0) is 14.4. The molecule has 0 aromatic heterocycles. The lowest BCUT2D eigenvalue weighted by molar-refractivity contribution is -0.134. The normalized spacial score (nSPS) is 24.2. The van der Waals surface area contributed by atoms with Crippen LogP contribution in [-0.2, 0) is 4.79 Å². The minimum atomic E-state index is 0.396. The predicted molar refractivity (Wildman–Crippen MR) is 82.7 cm³/mol. The molecule has 1 saturated heterocycles. The zero-order valence-corrected chi connectivity index (χ0v) is 13.2. The number of likely N-dealkylation sites (N-methyl/N-ethyl adjacent to an activating group) is 1. The average Bonchev–Trinajstić information content (AvgIpc) is 2.93. The molecule has 0 spiro atoms. The number of nitrogens with zero attached hydrogens (tertiary/aromatic N) is 2. The lowest BCUT2D eigenvalue weighted by Crippen LogP contribution is -2.44. The molecule has 1 heterocycles. The van der Waals surface area contributed by atoms with Crippen molar-refractivity contribution < 1.29 is 4.79 Å². The van der Waals surface area contributed by atoms with Crippen LogP contribution in [0.15, 0.2) is 0 Å². The molecule has 1 aliphatic heterocycles. The summed E-state index contributed by atoms with van der Waals surface area (Å²) in [5.74, 6) is 0.951. The summed E-state index contributed by atoms with van der Waals surface area (Å²) in [5, 5.41) is 3.42. The standard InChI is InChI=1S/C16H31N3O/c1-18(2)10-11-19(15-7-3-4-8-15)16(20)12-14-6-5-9-17-13-14/h14-15,17H,3-13H2,1-2H3. The molecule has 2 aliphatic rings. The van der Waals surface area contributed by atoms with Crippen LogP contribution in [0, 0.1) is 5.92 Å². The summed E-state index contributed by atoms with van der Waals surface area (Å²) in [6.07, 6.45) is 8.19. The number of carbonyl (C=O) groups excluding carboxylic acids is 1. The molecule has 1 N–H and O–H groups in total. The molecule has 0 aromatic carbocycles. The van der Waals surface area contributed by atoms with Gasteiger partial charge in [0.1, 0.15) is 0 Å². The largest absolute Gasteiger partial charge is 0.338 e. The van der Waals surface area contributed by atoms with Crippen LogP contribution in [0.25, 0.3) is 0 Å². The van der Waals surface area contributed by atoms with Crippen molar-refractivity contribution in [3.8, 4) is 0 Å². The van der Waals surface area contributed by atoms with Gasteiger partial charge in [0.05, 0.1) is 0 Å². The highest BCUT2D eigenvalue weighted by atomic mass is 16.2. The zero-order valence-electron chi connectivity index (χ0n) is 13.2. The van der Waals surface area contributed by atoms with Crippen molar-refractivity contribution in [3.63, 3.8) is 0 Å². The Labute approximate surface area is 123 Å². The van der Waals surface area contributed by atoms with Gasteiger partial charge < -0.3 is 15.1 Å². The van der Waals surface area contributed by atoms with Crippen molar-refractivity contribution in [1.82, 2.24) is 15.1 Å². The molecule has 4 heteroatoms. The van der Waals surface area contributed by atoms with Gasteiger partial charge in [-0.05, 0) is 58.8 Å². The van der Waals surface area contributed by atoms with E-state index in [0.29, 0.717) is 17.9 Å². The molecule has 20 heavy (non-hydrogen) atoms. The fourth-order valence-corrected chi connectivity index (χ4v) is 3.50. The molecule has 116 valence electrons. The number of hydrogen-bond acceptors (Lipinski definition) is 3. The van der Waals surface area contributed by atoms with E-state index in [9.17, 15) is 4.79 Å². The summed E-state index contributed by atoms with van der Waals surface area (Å²) in [6.45, 7) is 4.03. The minimum Gasteiger partial charge on any atom is -0.338 e. The van der Waals surface area contributed by atoms with Gasteiger partial charge >= 0.3 is 0 Å². The van der Waals surface area contributed by atoms with Crippen LogP contribution in [0.5, 0.6) is 0 Å². The fraction of sp³-hybridized carbons (Fsp3) is 0.938. The van der Waals surface area contributed by atoms with Crippen LogP contribution in [0.3, 0.4) is 0 Å². The van der Waals surface area contributed by atoms with Crippen LogP contribution in [0.2, 0.25) is 0 Å². The molecule has 1 aliphatic carbocycles. The van der Waals surface area contributed by atoms with Gasteiger partial charge in [0, 0.05) is 25.6 Å². The van der Waals surface area contributed by atoms with Gasteiger partial charge in [-0.1, -0.05) is 12.8 Å². The fourth-order valence-electron chi connectivity index (χ4n) is 3.50. The second-order valence-corrected chi connectivity index (χ2v) is 6.75. The van der Waals surface area contributed by atoms with Gasteiger partial charge in [0.2, 0.25) is 5.91 Å². The van der Waals surface area contributed by atoms with E-state index in [-0.39, 0.29) is 0 Å². The molecule has 1 atom stereocenters. The Morgan fingerprint density at radius 2 is 1.85 bits per heavy atom. The third kappa shape index (κ3) is 4.74. The lowest BCUT2D eigenvalue weighted by Gasteiger charge is -2.32. The molecule has 0 bridgehead atoms. The molecular weight excluding hydrogens is 250 g/mol. The first-order valence-corrected chi connectivity index (χ1v) is 8.31. The molecule has 1 amide bonds. The van der Waals surface area contributed by atoms with Crippen molar-refractivity contribution in [1.29, 1.82) is 0 Å². The van der Waals surface area contributed by atoms with Crippen molar-refractivity contribution in [3.05, 3.63) is 0 Å². The van der Waals surface area contributed by atoms with Crippen LogP contribution in [-0.4, -0.2) is 62.0 Å². The van der Waals surface area contributed by atoms with Crippen molar-refractivity contribution in [2.24, 2.45) is 5.92 Å². The number of amides is 1. The highest BCUT2D eigenvalue weighted by Crippen LogP contribution is 2.25. The second-order valence-electron chi connectivity index (χ2n) is 6.75. The van der Waals surface area contributed by atoms with Crippen molar-refractivity contribution in [2.45, 2.75) is 51.0 Å². The smallest absolute Gasteiger partial charge is 0.223 e. The number of piperidine rings is 1. The third-order valence-corrected chi connectivity index (χ3v) is 4.74. The predicted octanol–water partition coefficient (Wildman–Crippen LogP) is 1.71. The lowest BCUT2D eigenvalue weighted by atomic mass is 9.95. The topological polar surface area (TPSA) is 35.6 Å². The molecule has 0 aromatic rings. The number of nitrogens with one attached hydrogen (secondary N) is 1. The molecular formula is C16H31N3O. The van der Waals surface area contributed by atoms with Crippen LogP contribution in [0.4, 0.5) is 0 Å². The van der Waals surface area contributed by atoms with E-state index in [2.05, 4.69) is 29.2 Å². The van der Waals surface area contributed by atoms with Crippen LogP contribution < -0.4 is 5.32 Å². The first-order chi connectivity index (χ1) is 9.66. The Hall–Kier alpha value is -0.610. The van der Waals surface area contributed by atoms with Gasteiger partial charge in [-0.25, -0.2) is 0 Å². The maximum absolute atomic E-state index is 12.7. The van der Waals surface area contributed by atoms with Gasteiger partial charge in [-0.3, -0.25) is 4.79 Å².